The third-order valence-electron chi connectivity index (χ3n) is 2.72. The Kier molecular flexibility index (Phi) is 3.77. The second-order valence-electron chi connectivity index (χ2n) is 3.99. The first-order chi connectivity index (χ1) is 9.69. The molecule has 0 spiro atoms. The van der Waals surface area contributed by atoms with E-state index in [1.807, 2.05) is 11.5 Å². The number of thiophene rings is 2. The van der Waals surface area contributed by atoms with Crippen molar-refractivity contribution in [3.05, 3.63) is 17.5 Å². The van der Waals surface area contributed by atoms with E-state index in [0.717, 1.165) is 17.2 Å². The molecule has 20 heavy (non-hydrogen) atoms. The highest BCUT2D eigenvalue weighted by molar-refractivity contribution is 7.99. The molecular weight excluding hydrogens is 314 g/mol. The summed E-state index contributed by atoms with van der Waals surface area (Å²) in [5, 5.41) is 19.8. The Morgan fingerprint density at radius 3 is 3.00 bits per heavy atom. The summed E-state index contributed by atoms with van der Waals surface area (Å²) in [6.07, 6.45) is 0. The molecule has 0 aliphatic rings. The molecule has 0 atom stereocenters. The number of nitrogens with zero attached hydrogens (tertiary/aromatic N) is 3. The van der Waals surface area contributed by atoms with Crippen LogP contribution >= 0.6 is 34.4 Å². The third kappa shape index (κ3) is 2.46. The monoisotopic (exact) mass is 325 g/mol. The van der Waals surface area contributed by atoms with Crippen molar-refractivity contribution < 1.29 is 9.90 Å². The van der Waals surface area contributed by atoms with Crippen LogP contribution in [0.5, 0.6) is 0 Å². The molecule has 0 saturated heterocycles. The van der Waals surface area contributed by atoms with Crippen molar-refractivity contribution in [2.45, 2.75) is 18.6 Å². The van der Waals surface area contributed by atoms with Gasteiger partial charge in [-0.3, -0.25) is 4.79 Å². The first-order valence-electron chi connectivity index (χ1n) is 5.94. The van der Waals surface area contributed by atoms with Gasteiger partial charge in [0.05, 0.1) is 10.6 Å². The molecule has 3 rings (SSSR count). The minimum atomic E-state index is -0.848. The largest absolute Gasteiger partial charge is 0.481 e. The maximum absolute atomic E-state index is 10.7. The molecule has 3 aromatic heterocycles. The van der Waals surface area contributed by atoms with E-state index in [1.165, 1.54) is 21.2 Å². The van der Waals surface area contributed by atoms with E-state index in [1.54, 1.807) is 22.7 Å². The topological polar surface area (TPSA) is 68.0 Å². The number of aromatic nitrogens is 3. The van der Waals surface area contributed by atoms with Gasteiger partial charge in [-0.1, -0.05) is 11.8 Å². The summed E-state index contributed by atoms with van der Waals surface area (Å²) in [5.41, 5.74) is 0. The average Bonchev–Trinajstić information content (AvgIpc) is 3.08. The standard InChI is InChI=1S/C12H11N3O2S3/c1-2-15-11(13-14-12(15)19-6-10(16)17)9-5-8-7(20-9)3-4-18-8/h3-5H,2,6H2,1H3,(H,16,17). The Morgan fingerprint density at radius 2 is 2.30 bits per heavy atom. The summed E-state index contributed by atoms with van der Waals surface area (Å²) in [6, 6.07) is 4.22. The molecule has 5 nitrogen and oxygen atoms in total. The number of carboxylic acid groups (broad SMARTS) is 1. The fourth-order valence-corrected chi connectivity index (χ4v) is 4.69. The highest BCUT2D eigenvalue weighted by Gasteiger charge is 2.16. The van der Waals surface area contributed by atoms with Crippen molar-refractivity contribution >= 4 is 49.8 Å². The predicted molar refractivity (Wildman–Crippen MR) is 82.8 cm³/mol. The van der Waals surface area contributed by atoms with Gasteiger partial charge in [-0.25, -0.2) is 0 Å². The summed E-state index contributed by atoms with van der Waals surface area (Å²) in [5.74, 6) is -0.0369. The molecule has 3 heterocycles. The number of aliphatic carboxylic acids is 1. The predicted octanol–water partition coefficient (Wildman–Crippen LogP) is 3.42. The lowest BCUT2D eigenvalue weighted by Gasteiger charge is -2.04. The molecule has 0 aromatic carbocycles. The minimum absolute atomic E-state index is 0.00232. The summed E-state index contributed by atoms with van der Waals surface area (Å²) in [7, 11) is 0. The van der Waals surface area contributed by atoms with E-state index in [2.05, 4.69) is 27.7 Å². The molecule has 0 bridgehead atoms. The van der Waals surface area contributed by atoms with Crippen LogP contribution < -0.4 is 0 Å². The van der Waals surface area contributed by atoms with E-state index in [-0.39, 0.29) is 5.75 Å². The van der Waals surface area contributed by atoms with Gasteiger partial charge in [0.2, 0.25) is 0 Å². The van der Waals surface area contributed by atoms with Gasteiger partial charge in [-0.15, -0.1) is 32.9 Å². The number of carboxylic acids is 1. The molecule has 1 N–H and O–H groups in total. The van der Waals surface area contributed by atoms with Crippen molar-refractivity contribution in [3.63, 3.8) is 0 Å². The zero-order valence-electron chi connectivity index (χ0n) is 10.6. The lowest BCUT2D eigenvalue weighted by molar-refractivity contribution is -0.133. The number of carbonyl (C=O) groups is 1. The molecule has 0 aliphatic carbocycles. The van der Waals surface area contributed by atoms with E-state index >= 15 is 0 Å². The van der Waals surface area contributed by atoms with Gasteiger partial charge >= 0.3 is 5.97 Å². The van der Waals surface area contributed by atoms with Crippen LogP contribution in [0.15, 0.2) is 22.7 Å². The fourth-order valence-electron chi connectivity index (χ4n) is 1.87. The van der Waals surface area contributed by atoms with Crippen LogP contribution in [0.25, 0.3) is 20.1 Å². The minimum Gasteiger partial charge on any atom is -0.481 e. The van der Waals surface area contributed by atoms with Crippen LogP contribution in [0.1, 0.15) is 6.92 Å². The van der Waals surface area contributed by atoms with Gasteiger partial charge in [0.1, 0.15) is 0 Å². The molecule has 0 fully saturated rings. The van der Waals surface area contributed by atoms with Gasteiger partial charge in [0.25, 0.3) is 0 Å². The number of rotatable bonds is 5. The van der Waals surface area contributed by atoms with Gasteiger partial charge in [0, 0.05) is 15.9 Å². The molecule has 3 aromatic rings. The Hall–Kier alpha value is -1.38. The lowest BCUT2D eigenvalue weighted by atomic mass is 10.4. The Labute approximate surface area is 127 Å². The van der Waals surface area contributed by atoms with Crippen LogP contribution in [0, 0.1) is 0 Å². The molecule has 0 aliphatic heterocycles. The van der Waals surface area contributed by atoms with E-state index in [4.69, 9.17) is 5.11 Å². The SMILES string of the molecule is CCn1c(SCC(=O)O)nnc1-c1cc2sccc2s1. The highest BCUT2D eigenvalue weighted by Crippen LogP contribution is 2.36. The number of hydrogen-bond acceptors (Lipinski definition) is 6. The molecular formula is C12H11N3O2S3. The molecule has 0 radical (unpaired) electrons. The Morgan fingerprint density at radius 1 is 1.45 bits per heavy atom. The van der Waals surface area contributed by atoms with E-state index < -0.39 is 5.97 Å². The molecule has 0 saturated carbocycles. The fraction of sp³-hybridized carbons (Fsp3) is 0.250. The van der Waals surface area contributed by atoms with Crippen molar-refractivity contribution in [2.24, 2.45) is 0 Å². The second kappa shape index (κ2) is 5.55. The molecule has 0 amide bonds. The summed E-state index contributed by atoms with van der Waals surface area (Å²) < 4.78 is 4.45. The Bertz CT molecular complexity index is 731. The first kappa shape index (κ1) is 13.6. The zero-order valence-corrected chi connectivity index (χ0v) is 13.0. The molecule has 8 heteroatoms. The van der Waals surface area contributed by atoms with Crippen LogP contribution in [-0.4, -0.2) is 31.6 Å². The second-order valence-corrected chi connectivity index (χ2v) is 6.97. The zero-order chi connectivity index (χ0) is 14.1. The quantitative estimate of drug-likeness (QED) is 0.728. The van der Waals surface area contributed by atoms with Crippen LogP contribution in [-0.2, 0) is 11.3 Å². The average molecular weight is 325 g/mol. The van der Waals surface area contributed by atoms with Gasteiger partial charge in [0.15, 0.2) is 11.0 Å². The van der Waals surface area contributed by atoms with Gasteiger partial charge < -0.3 is 9.67 Å². The third-order valence-corrected chi connectivity index (χ3v) is 5.76. The Balaban J connectivity index is 1.96. The maximum atomic E-state index is 10.7. The summed E-state index contributed by atoms with van der Waals surface area (Å²) >= 11 is 4.59. The summed E-state index contributed by atoms with van der Waals surface area (Å²) in [6.45, 7) is 2.73. The van der Waals surface area contributed by atoms with Crippen LogP contribution in [0.3, 0.4) is 0 Å². The van der Waals surface area contributed by atoms with E-state index in [9.17, 15) is 4.79 Å². The maximum Gasteiger partial charge on any atom is 0.313 e. The number of hydrogen-bond donors (Lipinski definition) is 1. The molecule has 0 unspecified atom stereocenters. The van der Waals surface area contributed by atoms with Crippen LogP contribution in [0.2, 0.25) is 0 Å². The first-order valence-corrected chi connectivity index (χ1v) is 8.62. The molecule has 104 valence electrons. The van der Waals surface area contributed by atoms with E-state index in [0.29, 0.717) is 5.16 Å². The van der Waals surface area contributed by atoms with Crippen molar-refractivity contribution in [2.75, 3.05) is 5.75 Å². The number of fused-ring (bicyclic) bond motifs is 1. The normalized spacial score (nSPS) is 11.2. The van der Waals surface area contributed by atoms with Crippen molar-refractivity contribution in [1.29, 1.82) is 0 Å². The smallest absolute Gasteiger partial charge is 0.313 e. The summed E-state index contributed by atoms with van der Waals surface area (Å²) in [4.78, 5) is 11.7. The van der Waals surface area contributed by atoms with Crippen LogP contribution in [0.4, 0.5) is 0 Å². The van der Waals surface area contributed by atoms with Crippen molar-refractivity contribution in [1.82, 2.24) is 14.8 Å². The highest BCUT2D eigenvalue weighted by atomic mass is 32.2. The van der Waals surface area contributed by atoms with Crippen molar-refractivity contribution in [3.8, 4) is 10.7 Å². The lowest BCUT2D eigenvalue weighted by Crippen LogP contribution is -2.02. The van der Waals surface area contributed by atoms with Gasteiger partial charge in [-0.05, 0) is 24.4 Å². The van der Waals surface area contributed by atoms with Gasteiger partial charge in [-0.2, -0.15) is 0 Å². The number of thioether (sulfide) groups is 1.